The zero-order valence-corrected chi connectivity index (χ0v) is 12.1. The third-order valence-corrected chi connectivity index (χ3v) is 2.94. The predicted molar refractivity (Wildman–Crippen MR) is 73.1 cm³/mol. The van der Waals surface area contributed by atoms with Crippen LogP contribution in [0.5, 0.6) is 0 Å². The predicted octanol–water partition coefficient (Wildman–Crippen LogP) is 1.60. The number of unbranched alkanes of at least 4 members (excludes halogenated alkanes) is 1. The van der Waals surface area contributed by atoms with Gasteiger partial charge in [-0.2, -0.15) is 0 Å². The molecule has 2 amide bonds. The summed E-state index contributed by atoms with van der Waals surface area (Å²) >= 11 is 0. The molecule has 0 aliphatic rings. The standard InChI is InChI=1S/C13H26N2O4/c1-4-6-8-19-9-7-14-13(18)15-11(12(16)17)10(3)5-2/h10-11H,4-9H2,1-3H3,(H,16,17)(H2,14,15,18). The largest absolute Gasteiger partial charge is 0.480 e. The van der Waals surface area contributed by atoms with Crippen LogP contribution in [0.25, 0.3) is 0 Å². The monoisotopic (exact) mass is 274 g/mol. The quantitative estimate of drug-likeness (QED) is 0.528. The molecule has 0 radical (unpaired) electrons. The van der Waals surface area contributed by atoms with Crippen LogP contribution in [0.3, 0.4) is 0 Å². The summed E-state index contributed by atoms with van der Waals surface area (Å²) in [4.78, 5) is 22.5. The van der Waals surface area contributed by atoms with Crippen molar-refractivity contribution in [3.8, 4) is 0 Å². The number of urea groups is 1. The van der Waals surface area contributed by atoms with E-state index in [1.54, 1.807) is 6.92 Å². The molecule has 0 fully saturated rings. The summed E-state index contributed by atoms with van der Waals surface area (Å²) < 4.78 is 5.29. The van der Waals surface area contributed by atoms with Gasteiger partial charge in [-0.3, -0.25) is 0 Å². The first-order valence-corrected chi connectivity index (χ1v) is 6.87. The number of rotatable bonds is 10. The minimum Gasteiger partial charge on any atom is -0.480 e. The van der Waals surface area contributed by atoms with Gasteiger partial charge in [-0.25, -0.2) is 9.59 Å². The van der Waals surface area contributed by atoms with Crippen molar-refractivity contribution in [1.29, 1.82) is 0 Å². The molecule has 0 aromatic heterocycles. The van der Waals surface area contributed by atoms with Gasteiger partial charge >= 0.3 is 12.0 Å². The van der Waals surface area contributed by atoms with E-state index in [1.807, 2.05) is 6.92 Å². The molecule has 0 bridgehead atoms. The second-order valence-electron chi connectivity index (χ2n) is 4.57. The maximum absolute atomic E-state index is 11.5. The molecule has 0 aromatic carbocycles. The van der Waals surface area contributed by atoms with Gasteiger partial charge in [0.15, 0.2) is 0 Å². The molecule has 0 rings (SSSR count). The number of hydrogen-bond acceptors (Lipinski definition) is 3. The molecule has 0 aliphatic carbocycles. The highest BCUT2D eigenvalue weighted by Gasteiger charge is 2.24. The van der Waals surface area contributed by atoms with Gasteiger partial charge in [0, 0.05) is 13.2 Å². The van der Waals surface area contributed by atoms with Crippen molar-refractivity contribution >= 4 is 12.0 Å². The molecule has 2 unspecified atom stereocenters. The number of ether oxygens (including phenoxy) is 1. The minimum absolute atomic E-state index is 0.107. The summed E-state index contributed by atoms with van der Waals surface area (Å²) in [6.45, 7) is 7.27. The zero-order valence-electron chi connectivity index (χ0n) is 12.1. The van der Waals surface area contributed by atoms with Crippen LogP contribution in [-0.2, 0) is 9.53 Å². The average Bonchev–Trinajstić information content (AvgIpc) is 2.38. The van der Waals surface area contributed by atoms with E-state index in [-0.39, 0.29) is 5.92 Å². The van der Waals surface area contributed by atoms with E-state index < -0.39 is 18.0 Å². The van der Waals surface area contributed by atoms with E-state index >= 15 is 0 Å². The van der Waals surface area contributed by atoms with E-state index in [0.29, 0.717) is 26.2 Å². The number of nitrogens with one attached hydrogen (secondary N) is 2. The van der Waals surface area contributed by atoms with Crippen molar-refractivity contribution in [1.82, 2.24) is 10.6 Å². The van der Waals surface area contributed by atoms with Crippen molar-refractivity contribution in [2.24, 2.45) is 5.92 Å². The summed E-state index contributed by atoms with van der Waals surface area (Å²) in [5, 5.41) is 14.1. The van der Waals surface area contributed by atoms with Crippen LogP contribution < -0.4 is 10.6 Å². The Morgan fingerprint density at radius 3 is 2.47 bits per heavy atom. The van der Waals surface area contributed by atoms with Gasteiger partial charge in [-0.1, -0.05) is 33.6 Å². The average molecular weight is 274 g/mol. The first-order chi connectivity index (χ1) is 9.02. The van der Waals surface area contributed by atoms with Crippen LogP contribution in [0, 0.1) is 5.92 Å². The molecule has 0 saturated carbocycles. The Labute approximate surface area is 114 Å². The van der Waals surface area contributed by atoms with Gasteiger partial charge in [0.05, 0.1) is 6.61 Å². The Morgan fingerprint density at radius 1 is 1.26 bits per heavy atom. The summed E-state index contributed by atoms with van der Waals surface area (Å²) in [6, 6.07) is -1.32. The van der Waals surface area contributed by atoms with Gasteiger partial charge in [0.1, 0.15) is 6.04 Å². The maximum Gasteiger partial charge on any atom is 0.326 e. The lowest BCUT2D eigenvalue weighted by atomic mass is 9.99. The lowest BCUT2D eigenvalue weighted by Gasteiger charge is -2.20. The summed E-state index contributed by atoms with van der Waals surface area (Å²) in [5.41, 5.74) is 0. The molecule has 2 atom stereocenters. The second-order valence-corrected chi connectivity index (χ2v) is 4.57. The maximum atomic E-state index is 11.5. The van der Waals surface area contributed by atoms with Crippen LogP contribution in [0.1, 0.15) is 40.0 Å². The van der Waals surface area contributed by atoms with Crippen LogP contribution in [0.15, 0.2) is 0 Å². The molecule has 0 aliphatic heterocycles. The molecule has 112 valence electrons. The minimum atomic E-state index is -1.01. The Hall–Kier alpha value is -1.30. The molecule has 0 saturated heterocycles. The molecular weight excluding hydrogens is 248 g/mol. The smallest absolute Gasteiger partial charge is 0.326 e. The number of carbonyl (C=O) groups excluding carboxylic acids is 1. The Morgan fingerprint density at radius 2 is 1.95 bits per heavy atom. The summed E-state index contributed by atoms with van der Waals surface area (Å²) in [5.74, 6) is -1.12. The van der Waals surface area contributed by atoms with E-state index in [0.717, 1.165) is 12.8 Å². The van der Waals surface area contributed by atoms with E-state index in [2.05, 4.69) is 17.6 Å². The van der Waals surface area contributed by atoms with Gasteiger partial charge < -0.3 is 20.5 Å². The molecule has 19 heavy (non-hydrogen) atoms. The first kappa shape index (κ1) is 17.7. The number of carboxylic acids is 1. The number of carbonyl (C=O) groups is 2. The lowest BCUT2D eigenvalue weighted by Crippen LogP contribution is -2.49. The van der Waals surface area contributed by atoms with Crippen molar-refractivity contribution in [2.75, 3.05) is 19.8 Å². The Balaban J connectivity index is 3.85. The molecule has 0 aromatic rings. The van der Waals surface area contributed by atoms with Gasteiger partial charge in [0.2, 0.25) is 0 Å². The molecule has 6 heteroatoms. The highest BCUT2D eigenvalue weighted by atomic mass is 16.5. The van der Waals surface area contributed by atoms with E-state index in [4.69, 9.17) is 9.84 Å². The van der Waals surface area contributed by atoms with Crippen molar-refractivity contribution in [3.63, 3.8) is 0 Å². The fourth-order valence-corrected chi connectivity index (χ4v) is 1.46. The van der Waals surface area contributed by atoms with Crippen molar-refractivity contribution < 1.29 is 19.4 Å². The molecule has 6 nitrogen and oxygen atoms in total. The number of amides is 2. The Kier molecular flexibility index (Phi) is 9.88. The molecule has 0 heterocycles. The van der Waals surface area contributed by atoms with Crippen LogP contribution in [0.4, 0.5) is 4.79 Å². The van der Waals surface area contributed by atoms with Crippen LogP contribution >= 0.6 is 0 Å². The fraction of sp³-hybridized carbons (Fsp3) is 0.846. The lowest BCUT2D eigenvalue weighted by molar-refractivity contribution is -0.140. The second kappa shape index (κ2) is 10.6. The first-order valence-electron chi connectivity index (χ1n) is 6.87. The van der Waals surface area contributed by atoms with Gasteiger partial charge in [-0.05, 0) is 12.3 Å². The highest BCUT2D eigenvalue weighted by molar-refractivity contribution is 5.82. The van der Waals surface area contributed by atoms with Crippen LogP contribution in [-0.4, -0.2) is 42.9 Å². The highest BCUT2D eigenvalue weighted by Crippen LogP contribution is 2.07. The normalized spacial score (nSPS) is 13.6. The third-order valence-electron chi connectivity index (χ3n) is 2.94. The number of carboxylic acid groups (broad SMARTS) is 1. The van der Waals surface area contributed by atoms with Gasteiger partial charge in [0.25, 0.3) is 0 Å². The molecular formula is C13H26N2O4. The molecule has 0 spiro atoms. The topological polar surface area (TPSA) is 87.7 Å². The van der Waals surface area contributed by atoms with Crippen molar-refractivity contribution in [3.05, 3.63) is 0 Å². The van der Waals surface area contributed by atoms with E-state index in [1.165, 1.54) is 0 Å². The third kappa shape index (κ3) is 8.42. The number of aliphatic carboxylic acids is 1. The van der Waals surface area contributed by atoms with Crippen molar-refractivity contribution in [2.45, 2.75) is 46.1 Å². The summed E-state index contributed by atoms with van der Waals surface area (Å²) in [7, 11) is 0. The van der Waals surface area contributed by atoms with Gasteiger partial charge in [-0.15, -0.1) is 0 Å². The Bertz CT molecular complexity index is 271. The number of hydrogen-bond donors (Lipinski definition) is 3. The SMILES string of the molecule is CCCCOCCNC(=O)NC(C(=O)O)C(C)CC. The summed E-state index contributed by atoms with van der Waals surface area (Å²) in [6.07, 6.45) is 2.77. The zero-order chi connectivity index (χ0) is 14.7. The fourth-order valence-electron chi connectivity index (χ4n) is 1.46. The van der Waals surface area contributed by atoms with E-state index in [9.17, 15) is 9.59 Å². The van der Waals surface area contributed by atoms with Crippen LogP contribution in [0.2, 0.25) is 0 Å². The molecule has 3 N–H and O–H groups in total.